The smallest absolute Gasteiger partial charge is 0.251 e. The summed E-state index contributed by atoms with van der Waals surface area (Å²) in [6, 6.07) is 13.3. The predicted octanol–water partition coefficient (Wildman–Crippen LogP) is 2.34. The molecule has 0 radical (unpaired) electrons. The summed E-state index contributed by atoms with van der Waals surface area (Å²) in [5, 5.41) is 8.43. The highest BCUT2D eigenvalue weighted by molar-refractivity contribution is 7.89. The van der Waals surface area contributed by atoms with Crippen LogP contribution < -0.4 is 15.2 Å². The van der Waals surface area contributed by atoms with Crippen molar-refractivity contribution in [2.24, 2.45) is 11.1 Å². The Balaban J connectivity index is 1.45. The molecule has 8 heteroatoms. The zero-order valence-electron chi connectivity index (χ0n) is 16.2. The van der Waals surface area contributed by atoms with Crippen LogP contribution in [0.2, 0.25) is 0 Å². The fraction of sp³-hybridized carbons (Fsp3) is 0.381. The minimum Gasteiger partial charge on any atom is -0.456 e. The molecule has 0 saturated carbocycles. The standard InChI is InChI=1S/C21H25N3O4S/c1-14-20(15-10-12-24(14)13-11-15)23-21(25)16-6-8-17(9-7-16)28-18-4-2-3-5-19(18)29(22,26)27/h2-9,14-15,20H,10-13H2,1H3,(H,23,25)(H2,22,26,27)/t14-,20-/m0/s1. The van der Waals surface area contributed by atoms with Gasteiger partial charge in [0.2, 0.25) is 10.0 Å². The SMILES string of the molecule is C[C@H]1[C@H](NC(=O)c2ccc(Oc3ccccc3S(N)(=O)=O)cc2)C2CCN1CC2. The van der Waals surface area contributed by atoms with Crippen LogP contribution in [0.4, 0.5) is 0 Å². The van der Waals surface area contributed by atoms with Crippen LogP contribution in [0, 0.1) is 5.92 Å². The third-order valence-electron chi connectivity index (χ3n) is 5.98. The van der Waals surface area contributed by atoms with Crippen molar-refractivity contribution in [2.75, 3.05) is 13.1 Å². The lowest BCUT2D eigenvalue weighted by molar-refractivity contribution is 0.0217. The van der Waals surface area contributed by atoms with Crippen molar-refractivity contribution in [3.05, 3.63) is 54.1 Å². The molecule has 2 aromatic carbocycles. The Bertz CT molecular complexity index is 997. The molecule has 3 aliphatic rings. The van der Waals surface area contributed by atoms with Crippen LogP contribution >= 0.6 is 0 Å². The van der Waals surface area contributed by atoms with E-state index in [4.69, 9.17) is 9.88 Å². The third-order valence-corrected chi connectivity index (χ3v) is 6.93. The van der Waals surface area contributed by atoms with Gasteiger partial charge in [-0.05, 0) is 75.2 Å². The Morgan fingerprint density at radius 2 is 1.76 bits per heavy atom. The monoisotopic (exact) mass is 415 g/mol. The van der Waals surface area contributed by atoms with E-state index in [0.717, 1.165) is 25.9 Å². The summed E-state index contributed by atoms with van der Waals surface area (Å²) >= 11 is 0. The number of carbonyl (C=O) groups is 1. The number of piperidine rings is 3. The maximum absolute atomic E-state index is 12.7. The van der Waals surface area contributed by atoms with Gasteiger partial charge in [0, 0.05) is 17.6 Å². The minimum absolute atomic E-state index is 0.0850. The van der Waals surface area contributed by atoms with Crippen LogP contribution in [0.15, 0.2) is 53.4 Å². The molecule has 3 saturated heterocycles. The first kappa shape index (κ1) is 19.9. The van der Waals surface area contributed by atoms with Crippen molar-refractivity contribution in [3.8, 4) is 11.5 Å². The van der Waals surface area contributed by atoms with E-state index in [1.807, 2.05) is 0 Å². The zero-order chi connectivity index (χ0) is 20.6. The first-order valence-electron chi connectivity index (χ1n) is 9.77. The van der Waals surface area contributed by atoms with Gasteiger partial charge in [-0.1, -0.05) is 12.1 Å². The Morgan fingerprint density at radius 1 is 1.10 bits per heavy atom. The lowest BCUT2D eigenvalue weighted by Gasteiger charge is -2.49. The molecule has 3 aliphatic heterocycles. The number of nitrogens with two attached hydrogens (primary N) is 1. The number of benzene rings is 2. The number of hydrogen-bond acceptors (Lipinski definition) is 5. The summed E-state index contributed by atoms with van der Waals surface area (Å²) in [5.74, 6) is 1.01. The molecule has 2 atom stereocenters. The largest absolute Gasteiger partial charge is 0.456 e. The molecule has 3 heterocycles. The number of hydrogen-bond donors (Lipinski definition) is 2. The van der Waals surface area contributed by atoms with Gasteiger partial charge in [-0.25, -0.2) is 13.6 Å². The molecule has 0 spiro atoms. The van der Waals surface area contributed by atoms with Gasteiger partial charge in [-0.15, -0.1) is 0 Å². The van der Waals surface area contributed by atoms with Crippen LogP contribution in [0.1, 0.15) is 30.1 Å². The molecule has 7 nitrogen and oxygen atoms in total. The number of nitrogens with one attached hydrogen (secondary N) is 1. The Kier molecular flexibility index (Phi) is 5.33. The molecule has 3 fully saturated rings. The number of carbonyl (C=O) groups excluding carboxylic acids is 1. The Labute approximate surface area is 170 Å². The van der Waals surface area contributed by atoms with Gasteiger partial charge < -0.3 is 10.1 Å². The van der Waals surface area contributed by atoms with E-state index >= 15 is 0 Å². The first-order valence-corrected chi connectivity index (χ1v) is 11.3. The molecule has 154 valence electrons. The maximum Gasteiger partial charge on any atom is 0.251 e. The number of primary sulfonamides is 1. The quantitative estimate of drug-likeness (QED) is 0.780. The fourth-order valence-corrected chi connectivity index (χ4v) is 5.01. The number of nitrogens with zero attached hydrogens (tertiary/aromatic N) is 1. The number of amides is 1. The van der Waals surface area contributed by atoms with E-state index in [0.29, 0.717) is 23.3 Å². The van der Waals surface area contributed by atoms with Crippen LogP contribution in [0.5, 0.6) is 11.5 Å². The topological polar surface area (TPSA) is 102 Å². The summed E-state index contributed by atoms with van der Waals surface area (Å²) in [4.78, 5) is 15.1. The molecule has 29 heavy (non-hydrogen) atoms. The highest BCUT2D eigenvalue weighted by Gasteiger charge is 2.40. The summed E-state index contributed by atoms with van der Waals surface area (Å²) < 4.78 is 29.1. The summed E-state index contributed by atoms with van der Waals surface area (Å²) in [6.07, 6.45) is 2.26. The van der Waals surface area contributed by atoms with E-state index in [-0.39, 0.29) is 22.6 Å². The number of fused-ring (bicyclic) bond motifs is 3. The van der Waals surface area contributed by atoms with E-state index < -0.39 is 10.0 Å². The van der Waals surface area contributed by atoms with Crippen molar-refractivity contribution >= 4 is 15.9 Å². The molecule has 1 amide bonds. The molecule has 3 N–H and O–H groups in total. The minimum atomic E-state index is -3.89. The maximum atomic E-state index is 12.7. The molecule has 0 aromatic heterocycles. The van der Waals surface area contributed by atoms with Crippen molar-refractivity contribution in [3.63, 3.8) is 0 Å². The molecule has 5 rings (SSSR count). The van der Waals surface area contributed by atoms with Crippen molar-refractivity contribution < 1.29 is 17.9 Å². The summed E-state index contributed by atoms with van der Waals surface area (Å²) in [7, 11) is -3.89. The van der Waals surface area contributed by atoms with Gasteiger partial charge in [0.25, 0.3) is 5.91 Å². The average molecular weight is 416 g/mol. The lowest BCUT2D eigenvalue weighted by Crippen LogP contribution is -2.62. The van der Waals surface area contributed by atoms with Gasteiger partial charge >= 0.3 is 0 Å². The van der Waals surface area contributed by atoms with Gasteiger partial charge in [0.1, 0.15) is 16.4 Å². The average Bonchev–Trinajstić information content (AvgIpc) is 2.71. The Hall–Kier alpha value is -2.42. The molecule has 2 aromatic rings. The number of ether oxygens (including phenoxy) is 1. The highest BCUT2D eigenvalue weighted by Crippen LogP contribution is 2.32. The second-order valence-corrected chi connectivity index (χ2v) is 9.26. The van der Waals surface area contributed by atoms with Crippen LogP contribution in [-0.2, 0) is 10.0 Å². The molecule has 0 aliphatic carbocycles. The van der Waals surface area contributed by atoms with E-state index in [2.05, 4.69) is 17.1 Å². The highest BCUT2D eigenvalue weighted by atomic mass is 32.2. The number of rotatable bonds is 5. The van der Waals surface area contributed by atoms with Crippen molar-refractivity contribution in [1.82, 2.24) is 10.2 Å². The summed E-state index contributed by atoms with van der Waals surface area (Å²) in [6.45, 7) is 4.41. The van der Waals surface area contributed by atoms with Gasteiger partial charge in [0.05, 0.1) is 0 Å². The van der Waals surface area contributed by atoms with E-state index in [9.17, 15) is 13.2 Å². The summed E-state index contributed by atoms with van der Waals surface area (Å²) in [5.41, 5.74) is 0.542. The van der Waals surface area contributed by atoms with E-state index in [1.165, 1.54) is 12.1 Å². The van der Waals surface area contributed by atoms with Crippen LogP contribution in [0.3, 0.4) is 0 Å². The lowest BCUT2D eigenvalue weighted by atomic mass is 9.79. The molecule has 2 bridgehead atoms. The normalized spacial score (nSPS) is 26.1. The van der Waals surface area contributed by atoms with Crippen LogP contribution in [0.25, 0.3) is 0 Å². The second kappa shape index (κ2) is 7.78. The fourth-order valence-electron chi connectivity index (χ4n) is 4.35. The first-order chi connectivity index (χ1) is 13.8. The number of para-hydroxylation sites is 1. The van der Waals surface area contributed by atoms with Crippen molar-refractivity contribution in [2.45, 2.75) is 36.7 Å². The predicted molar refractivity (Wildman–Crippen MR) is 109 cm³/mol. The van der Waals surface area contributed by atoms with Crippen molar-refractivity contribution in [1.29, 1.82) is 0 Å². The molecular formula is C21H25N3O4S. The molecule has 0 unspecified atom stereocenters. The van der Waals surface area contributed by atoms with Gasteiger partial charge in [-0.3, -0.25) is 9.69 Å². The van der Waals surface area contributed by atoms with Gasteiger partial charge in [-0.2, -0.15) is 0 Å². The molecular weight excluding hydrogens is 390 g/mol. The Morgan fingerprint density at radius 3 is 2.38 bits per heavy atom. The zero-order valence-corrected chi connectivity index (χ0v) is 17.1. The van der Waals surface area contributed by atoms with E-state index in [1.54, 1.807) is 36.4 Å². The number of sulfonamides is 1. The third kappa shape index (κ3) is 4.14. The van der Waals surface area contributed by atoms with Gasteiger partial charge in [0.15, 0.2) is 0 Å². The second-order valence-electron chi connectivity index (χ2n) is 7.73. The van der Waals surface area contributed by atoms with Crippen LogP contribution in [-0.4, -0.2) is 44.4 Å².